The Bertz CT molecular complexity index is 898. The molecule has 240 valence electrons. The molecule has 0 saturated heterocycles. The zero-order chi connectivity index (χ0) is 31.5. The third-order valence-electron chi connectivity index (χ3n) is 6.65. The Morgan fingerprint density at radius 3 is 1.42 bits per heavy atom. The van der Waals surface area contributed by atoms with Crippen LogP contribution in [0.25, 0.3) is 0 Å². The highest BCUT2D eigenvalue weighted by atomic mass is 16.5. The Labute approximate surface area is 263 Å². The number of ether oxygens (including phenoxy) is 1. The normalized spacial score (nSPS) is 13.5. The summed E-state index contributed by atoms with van der Waals surface area (Å²) in [6.45, 7) is 4.31. The molecule has 0 saturated carbocycles. The van der Waals surface area contributed by atoms with Crippen LogP contribution in [0.4, 0.5) is 0 Å². The molecule has 0 aromatic carbocycles. The number of carboxylic acid groups (broad SMARTS) is 1. The number of hydrogen-bond donors (Lipinski definition) is 1. The molecule has 0 spiro atoms. The van der Waals surface area contributed by atoms with Crippen LogP contribution in [0.3, 0.4) is 0 Å². The van der Waals surface area contributed by atoms with Crippen molar-refractivity contribution in [2.75, 3.05) is 6.61 Å². The molecule has 4 heteroatoms. The van der Waals surface area contributed by atoms with Gasteiger partial charge in [-0.2, -0.15) is 0 Å². The second-order valence-corrected chi connectivity index (χ2v) is 10.6. The van der Waals surface area contributed by atoms with Gasteiger partial charge in [-0.25, -0.2) is 0 Å². The Kier molecular flexibility index (Phi) is 30.9. The van der Waals surface area contributed by atoms with Gasteiger partial charge in [0.15, 0.2) is 0 Å². The van der Waals surface area contributed by atoms with E-state index in [1.807, 2.05) is 6.08 Å². The molecule has 0 radical (unpaired) electrons. The van der Waals surface area contributed by atoms with E-state index in [2.05, 4.69) is 105 Å². The second-order valence-electron chi connectivity index (χ2n) is 10.6. The first-order valence-corrected chi connectivity index (χ1v) is 16.7. The molecular formula is C39H60O4. The summed E-state index contributed by atoms with van der Waals surface area (Å²) in [5, 5.41) is 9.47. The quantitative estimate of drug-likeness (QED) is 0.0557. The maximum atomic E-state index is 12.0. The summed E-state index contributed by atoms with van der Waals surface area (Å²) in [5.74, 6) is -1.89. The van der Waals surface area contributed by atoms with E-state index < -0.39 is 11.9 Å². The van der Waals surface area contributed by atoms with Crippen molar-refractivity contribution in [3.8, 4) is 0 Å². The largest absolute Gasteiger partial charge is 0.481 e. The van der Waals surface area contributed by atoms with Crippen LogP contribution in [0.1, 0.15) is 123 Å². The Balaban J connectivity index is 3.87. The van der Waals surface area contributed by atoms with E-state index in [4.69, 9.17) is 4.74 Å². The van der Waals surface area contributed by atoms with E-state index >= 15 is 0 Å². The van der Waals surface area contributed by atoms with Crippen molar-refractivity contribution in [1.29, 1.82) is 0 Å². The third-order valence-corrected chi connectivity index (χ3v) is 6.65. The number of carbonyl (C=O) groups excluding carboxylic acids is 1. The van der Waals surface area contributed by atoms with Crippen molar-refractivity contribution >= 4 is 11.9 Å². The second kappa shape index (κ2) is 33.4. The Hall–Kier alpha value is -3.14. The van der Waals surface area contributed by atoms with Crippen LogP contribution in [0.2, 0.25) is 0 Å². The highest BCUT2D eigenvalue weighted by Crippen LogP contribution is 2.11. The molecule has 0 aliphatic carbocycles. The number of carboxylic acids is 1. The van der Waals surface area contributed by atoms with Gasteiger partial charge in [-0.05, 0) is 89.9 Å². The average molecular weight is 593 g/mol. The van der Waals surface area contributed by atoms with Crippen LogP contribution < -0.4 is 0 Å². The van der Waals surface area contributed by atoms with E-state index in [1.54, 1.807) is 0 Å². The lowest BCUT2D eigenvalue weighted by Gasteiger charge is -2.11. The van der Waals surface area contributed by atoms with Crippen molar-refractivity contribution in [3.05, 3.63) is 97.2 Å². The zero-order valence-corrected chi connectivity index (χ0v) is 27.2. The first kappa shape index (κ1) is 39.9. The molecule has 0 amide bonds. The van der Waals surface area contributed by atoms with Gasteiger partial charge in [0.25, 0.3) is 0 Å². The Morgan fingerprint density at radius 1 is 0.558 bits per heavy atom. The van der Waals surface area contributed by atoms with Crippen molar-refractivity contribution in [2.45, 2.75) is 123 Å². The molecule has 0 aliphatic heterocycles. The molecule has 1 unspecified atom stereocenters. The molecule has 0 fully saturated rings. The summed E-state index contributed by atoms with van der Waals surface area (Å²) in [6.07, 6.45) is 50.4. The fourth-order valence-electron chi connectivity index (χ4n) is 4.03. The predicted octanol–water partition coefficient (Wildman–Crippen LogP) is 11.4. The van der Waals surface area contributed by atoms with Gasteiger partial charge in [0.05, 0.1) is 5.92 Å². The summed E-state index contributed by atoms with van der Waals surface area (Å²) in [5.41, 5.74) is 0. The number of unbranched alkanes of at least 4 members (excludes halogenated alkanes) is 5. The molecular weight excluding hydrogens is 532 g/mol. The molecule has 43 heavy (non-hydrogen) atoms. The first-order valence-electron chi connectivity index (χ1n) is 16.7. The highest BCUT2D eigenvalue weighted by Gasteiger charge is 2.18. The summed E-state index contributed by atoms with van der Waals surface area (Å²) >= 11 is 0. The molecule has 0 aromatic rings. The fraction of sp³-hybridized carbons (Fsp3) is 0.538. The summed E-state index contributed by atoms with van der Waals surface area (Å²) in [4.78, 5) is 23.6. The van der Waals surface area contributed by atoms with Crippen molar-refractivity contribution in [2.24, 2.45) is 5.92 Å². The van der Waals surface area contributed by atoms with Crippen LogP contribution >= 0.6 is 0 Å². The van der Waals surface area contributed by atoms with Crippen LogP contribution in [-0.4, -0.2) is 23.7 Å². The fourth-order valence-corrected chi connectivity index (χ4v) is 4.03. The molecule has 0 aromatic heterocycles. The number of esters is 1. The van der Waals surface area contributed by atoms with Gasteiger partial charge in [-0.1, -0.05) is 124 Å². The maximum absolute atomic E-state index is 12.0. The van der Waals surface area contributed by atoms with Crippen LogP contribution in [0.15, 0.2) is 97.2 Å². The van der Waals surface area contributed by atoms with Crippen LogP contribution in [0, 0.1) is 5.92 Å². The van der Waals surface area contributed by atoms with Crippen molar-refractivity contribution < 1.29 is 19.4 Å². The smallest absolute Gasteiger partial charge is 0.309 e. The predicted molar refractivity (Wildman–Crippen MR) is 185 cm³/mol. The van der Waals surface area contributed by atoms with Gasteiger partial charge in [-0.3, -0.25) is 9.59 Å². The van der Waals surface area contributed by atoms with Gasteiger partial charge in [-0.15, -0.1) is 0 Å². The standard InChI is InChI=1S/C39H60O4/c1-3-5-7-9-11-13-15-17-19-21-22-24-26-28-30-32-34-37(39(41)42)36-43-38(40)35-33-31-29-27-25-23-20-18-16-14-12-10-8-6-4-2/h5,7,11-14,17-20,22,24-25,27-28,30,37H,3-4,6,8-10,15-16,21,23,26,29,31-36H2,1-2H3,(H,41,42). The molecule has 0 aliphatic rings. The zero-order valence-electron chi connectivity index (χ0n) is 27.2. The van der Waals surface area contributed by atoms with Gasteiger partial charge in [0.2, 0.25) is 0 Å². The highest BCUT2D eigenvalue weighted by molar-refractivity contribution is 5.72. The van der Waals surface area contributed by atoms with E-state index in [0.29, 0.717) is 19.3 Å². The summed E-state index contributed by atoms with van der Waals surface area (Å²) < 4.78 is 5.26. The lowest BCUT2D eigenvalue weighted by molar-refractivity contribution is -0.151. The average Bonchev–Trinajstić information content (AvgIpc) is 3.00. The topological polar surface area (TPSA) is 63.6 Å². The van der Waals surface area contributed by atoms with Gasteiger partial charge >= 0.3 is 11.9 Å². The lowest BCUT2D eigenvalue weighted by Crippen LogP contribution is -2.21. The van der Waals surface area contributed by atoms with Gasteiger partial charge < -0.3 is 9.84 Å². The summed E-state index contributed by atoms with van der Waals surface area (Å²) in [6, 6.07) is 0. The molecule has 1 N–H and O–H groups in total. The van der Waals surface area contributed by atoms with Gasteiger partial charge in [0, 0.05) is 6.42 Å². The number of aliphatic carboxylic acids is 1. The number of hydrogen-bond acceptors (Lipinski definition) is 3. The molecule has 0 bridgehead atoms. The molecule has 1 atom stereocenters. The minimum atomic E-state index is -0.915. The number of rotatable bonds is 28. The molecule has 0 rings (SSSR count). The minimum Gasteiger partial charge on any atom is -0.481 e. The lowest BCUT2D eigenvalue weighted by atomic mass is 10.0. The van der Waals surface area contributed by atoms with E-state index in [9.17, 15) is 14.7 Å². The van der Waals surface area contributed by atoms with Crippen LogP contribution in [0.5, 0.6) is 0 Å². The number of allylic oxidation sites excluding steroid dienone is 16. The van der Waals surface area contributed by atoms with Gasteiger partial charge in [0.1, 0.15) is 6.61 Å². The third kappa shape index (κ3) is 31.6. The molecule has 4 nitrogen and oxygen atoms in total. The van der Waals surface area contributed by atoms with E-state index in [0.717, 1.165) is 64.2 Å². The van der Waals surface area contributed by atoms with E-state index in [-0.39, 0.29) is 12.6 Å². The summed E-state index contributed by atoms with van der Waals surface area (Å²) in [7, 11) is 0. The maximum Gasteiger partial charge on any atom is 0.309 e. The van der Waals surface area contributed by atoms with Crippen molar-refractivity contribution in [1.82, 2.24) is 0 Å². The number of carbonyl (C=O) groups is 2. The Morgan fingerprint density at radius 2 is 0.977 bits per heavy atom. The minimum absolute atomic E-state index is 0.0565. The monoisotopic (exact) mass is 592 g/mol. The SMILES string of the molecule is CCC=CCC=CCC=CCC=CCC=CCCC(COC(=O)CCCCC=CCC=CCC=CCCCCC)C(=O)O. The van der Waals surface area contributed by atoms with Crippen molar-refractivity contribution in [3.63, 3.8) is 0 Å². The first-order chi connectivity index (χ1) is 21.1. The van der Waals surface area contributed by atoms with Crippen LogP contribution in [-0.2, 0) is 14.3 Å². The molecule has 0 heterocycles. The van der Waals surface area contributed by atoms with E-state index in [1.165, 1.54) is 25.7 Å².